The standard InChI is InChI=1S/C17H18N2S2/c1-11(17-12(2)21-13(3)19-17)18-15-8-5-4-7-14(15)16-9-6-10-20-16/h4-11,18H,1-3H3. The third kappa shape index (κ3) is 3.01. The molecule has 2 aromatic heterocycles. The van der Waals surface area contributed by atoms with Crippen LogP contribution >= 0.6 is 22.7 Å². The van der Waals surface area contributed by atoms with Gasteiger partial charge in [0.05, 0.1) is 16.7 Å². The maximum Gasteiger partial charge on any atom is 0.0901 e. The van der Waals surface area contributed by atoms with Crippen molar-refractivity contribution in [2.75, 3.05) is 5.32 Å². The third-order valence-electron chi connectivity index (χ3n) is 3.44. The molecule has 108 valence electrons. The first-order valence-electron chi connectivity index (χ1n) is 6.98. The van der Waals surface area contributed by atoms with Crippen molar-refractivity contribution >= 4 is 28.4 Å². The predicted octanol–water partition coefficient (Wildman–Crippen LogP) is 5.66. The van der Waals surface area contributed by atoms with Crippen LogP contribution in [0.5, 0.6) is 0 Å². The molecule has 4 heteroatoms. The molecule has 0 aliphatic carbocycles. The van der Waals surface area contributed by atoms with Crippen molar-refractivity contribution < 1.29 is 0 Å². The van der Waals surface area contributed by atoms with Crippen molar-refractivity contribution in [2.45, 2.75) is 26.8 Å². The van der Waals surface area contributed by atoms with Crippen LogP contribution in [-0.4, -0.2) is 4.98 Å². The van der Waals surface area contributed by atoms with Crippen molar-refractivity contribution in [3.05, 3.63) is 57.4 Å². The summed E-state index contributed by atoms with van der Waals surface area (Å²) in [5.74, 6) is 0. The van der Waals surface area contributed by atoms with Crippen LogP contribution in [0, 0.1) is 13.8 Å². The lowest BCUT2D eigenvalue weighted by Crippen LogP contribution is -2.09. The van der Waals surface area contributed by atoms with Crippen LogP contribution in [0.1, 0.15) is 28.5 Å². The van der Waals surface area contributed by atoms with Gasteiger partial charge >= 0.3 is 0 Å². The summed E-state index contributed by atoms with van der Waals surface area (Å²) in [7, 11) is 0. The summed E-state index contributed by atoms with van der Waals surface area (Å²) in [4.78, 5) is 7.24. The topological polar surface area (TPSA) is 24.9 Å². The Bertz CT molecular complexity index is 729. The zero-order chi connectivity index (χ0) is 14.8. The minimum Gasteiger partial charge on any atom is -0.376 e. The fraction of sp³-hybridized carbons (Fsp3) is 0.235. The zero-order valence-electron chi connectivity index (χ0n) is 12.4. The Hall–Kier alpha value is -1.65. The molecule has 0 saturated carbocycles. The highest BCUT2D eigenvalue weighted by Crippen LogP contribution is 2.34. The Balaban J connectivity index is 1.90. The van der Waals surface area contributed by atoms with Crippen LogP contribution in [0.15, 0.2) is 41.8 Å². The van der Waals surface area contributed by atoms with E-state index in [0.717, 1.165) is 16.4 Å². The van der Waals surface area contributed by atoms with Gasteiger partial charge in [-0.25, -0.2) is 4.98 Å². The Morgan fingerprint density at radius 1 is 1.10 bits per heavy atom. The molecule has 21 heavy (non-hydrogen) atoms. The van der Waals surface area contributed by atoms with E-state index in [0.29, 0.717) is 0 Å². The van der Waals surface area contributed by atoms with E-state index in [1.807, 2.05) is 0 Å². The number of thiazole rings is 1. The number of aryl methyl sites for hydroxylation is 2. The van der Waals surface area contributed by atoms with E-state index in [-0.39, 0.29) is 6.04 Å². The van der Waals surface area contributed by atoms with Gasteiger partial charge in [0.1, 0.15) is 0 Å². The molecule has 1 aromatic carbocycles. The average molecular weight is 314 g/mol. The van der Waals surface area contributed by atoms with Gasteiger partial charge in [0, 0.05) is 21.0 Å². The van der Waals surface area contributed by atoms with Gasteiger partial charge in [0.25, 0.3) is 0 Å². The van der Waals surface area contributed by atoms with Gasteiger partial charge in [-0.1, -0.05) is 24.3 Å². The Kier molecular flexibility index (Phi) is 4.08. The first kappa shape index (κ1) is 14.3. The van der Waals surface area contributed by atoms with E-state index in [2.05, 4.69) is 72.9 Å². The van der Waals surface area contributed by atoms with Gasteiger partial charge in [-0.05, 0) is 38.3 Å². The highest BCUT2D eigenvalue weighted by molar-refractivity contribution is 7.13. The number of hydrogen-bond acceptors (Lipinski definition) is 4. The maximum absolute atomic E-state index is 4.66. The maximum atomic E-state index is 4.66. The molecule has 0 radical (unpaired) electrons. The SMILES string of the molecule is Cc1nc(C(C)Nc2ccccc2-c2cccs2)c(C)s1. The van der Waals surface area contributed by atoms with Crippen molar-refractivity contribution in [3.8, 4) is 10.4 Å². The molecule has 1 unspecified atom stereocenters. The molecule has 1 N–H and O–H groups in total. The molecule has 2 nitrogen and oxygen atoms in total. The highest BCUT2D eigenvalue weighted by Gasteiger charge is 2.15. The molecule has 0 fully saturated rings. The Morgan fingerprint density at radius 2 is 1.90 bits per heavy atom. The van der Waals surface area contributed by atoms with Crippen molar-refractivity contribution in [1.29, 1.82) is 0 Å². The molecule has 1 atom stereocenters. The van der Waals surface area contributed by atoms with Crippen LogP contribution in [0.3, 0.4) is 0 Å². The monoisotopic (exact) mass is 314 g/mol. The lowest BCUT2D eigenvalue weighted by atomic mass is 10.1. The van der Waals surface area contributed by atoms with Gasteiger partial charge in [-0.15, -0.1) is 22.7 Å². The second-order valence-electron chi connectivity index (χ2n) is 5.06. The minimum atomic E-state index is 0.205. The molecule has 0 aliphatic heterocycles. The quantitative estimate of drug-likeness (QED) is 0.672. The van der Waals surface area contributed by atoms with Crippen molar-refractivity contribution in [3.63, 3.8) is 0 Å². The van der Waals surface area contributed by atoms with Gasteiger partial charge in [0.15, 0.2) is 0 Å². The summed E-state index contributed by atoms with van der Waals surface area (Å²) in [6, 6.07) is 12.9. The summed E-state index contributed by atoms with van der Waals surface area (Å²) in [5, 5.41) is 6.86. The van der Waals surface area contributed by atoms with Crippen LogP contribution in [-0.2, 0) is 0 Å². The molecule has 0 spiro atoms. The van der Waals surface area contributed by atoms with Gasteiger partial charge < -0.3 is 5.32 Å². The summed E-state index contributed by atoms with van der Waals surface area (Å²) in [6.07, 6.45) is 0. The smallest absolute Gasteiger partial charge is 0.0901 e. The average Bonchev–Trinajstić information content (AvgIpc) is 3.09. The number of para-hydroxylation sites is 1. The molecule has 0 bridgehead atoms. The van der Waals surface area contributed by atoms with Crippen molar-refractivity contribution in [2.24, 2.45) is 0 Å². The number of benzene rings is 1. The zero-order valence-corrected chi connectivity index (χ0v) is 14.0. The van der Waals surface area contributed by atoms with E-state index in [4.69, 9.17) is 0 Å². The number of nitrogens with one attached hydrogen (secondary N) is 1. The molecule has 0 aliphatic rings. The molecule has 3 aromatic rings. The van der Waals surface area contributed by atoms with E-state index >= 15 is 0 Å². The predicted molar refractivity (Wildman–Crippen MR) is 93.4 cm³/mol. The number of aromatic nitrogens is 1. The van der Waals surface area contributed by atoms with Crippen LogP contribution in [0.4, 0.5) is 5.69 Å². The molecule has 3 rings (SSSR count). The lowest BCUT2D eigenvalue weighted by molar-refractivity contribution is 0.837. The molecular weight excluding hydrogens is 296 g/mol. The first-order valence-corrected chi connectivity index (χ1v) is 8.68. The first-order chi connectivity index (χ1) is 10.1. The van der Waals surface area contributed by atoms with Gasteiger partial charge in [-0.3, -0.25) is 0 Å². The van der Waals surface area contributed by atoms with E-state index < -0.39 is 0 Å². The second-order valence-corrected chi connectivity index (χ2v) is 7.42. The minimum absolute atomic E-state index is 0.205. The summed E-state index contributed by atoms with van der Waals surface area (Å²) in [6.45, 7) is 6.38. The number of rotatable bonds is 4. The lowest BCUT2D eigenvalue weighted by Gasteiger charge is -2.17. The molecular formula is C17H18N2S2. The van der Waals surface area contributed by atoms with Crippen LogP contribution in [0.25, 0.3) is 10.4 Å². The summed E-state index contributed by atoms with van der Waals surface area (Å²) in [5.41, 5.74) is 3.57. The fourth-order valence-corrected chi connectivity index (χ4v) is 4.18. The Morgan fingerprint density at radius 3 is 2.57 bits per heavy atom. The van der Waals surface area contributed by atoms with Gasteiger partial charge in [0.2, 0.25) is 0 Å². The largest absolute Gasteiger partial charge is 0.376 e. The third-order valence-corrected chi connectivity index (χ3v) is 5.24. The van der Waals surface area contributed by atoms with E-state index in [1.54, 1.807) is 22.7 Å². The molecule has 0 saturated heterocycles. The van der Waals surface area contributed by atoms with Crippen LogP contribution < -0.4 is 5.32 Å². The fourth-order valence-electron chi connectivity index (χ4n) is 2.50. The molecule has 2 heterocycles. The van der Waals surface area contributed by atoms with Crippen molar-refractivity contribution in [1.82, 2.24) is 4.98 Å². The number of hydrogen-bond donors (Lipinski definition) is 1. The summed E-state index contributed by atoms with van der Waals surface area (Å²) < 4.78 is 0. The molecule has 0 amide bonds. The second kappa shape index (κ2) is 6.00. The van der Waals surface area contributed by atoms with Crippen LogP contribution in [0.2, 0.25) is 0 Å². The van der Waals surface area contributed by atoms with Gasteiger partial charge in [-0.2, -0.15) is 0 Å². The Labute approximate surface area is 133 Å². The number of anilines is 1. The van der Waals surface area contributed by atoms with E-state index in [1.165, 1.54) is 15.3 Å². The summed E-state index contributed by atoms with van der Waals surface area (Å²) >= 11 is 3.53. The number of nitrogens with zero attached hydrogens (tertiary/aromatic N) is 1. The number of thiophene rings is 1. The van der Waals surface area contributed by atoms with E-state index in [9.17, 15) is 0 Å². The highest BCUT2D eigenvalue weighted by atomic mass is 32.1. The normalized spacial score (nSPS) is 12.3.